The van der Waals surface area contributed by atoms with Crippen LogP contribution in [0.4, 0.5) is 0 Å². The van der Waals surface area contributed by atoms with E-state index in [1.807, 2.05) is 10.9 Å². The Bertz CT molecular complexity index is 634. The zero-order valence-electron chi connectivity index (χ0n) is 13.7. The molecule has 0 aromatic carbocycles. The van der Waals surface area contributed by atoms with E-state index in [0.29, 0.717) is 18.6 Å². The van der Waals surface area contributed by atoms with Gasteiger partial charge in [-0.05, 0) is 32.9 Å². The largest absolute Gasteiger partial charge is 0.338 e. The van der Waals surface area contributed by atoms with Crippen LogP contribution in [0.1, 0.15) is 30.6 Å². The van der Waals surface area contributed by atoms with Crippen molar-refractivity contribution in [1.29, 1.82) is 0 Å². The van der Waals surface area contributed by atoms with Crippen molar-refractivity contribution in [1.82, 2.24) is 34.9 Å². The first-order chi connectivity index (χ1) is 11.2. The summed E-state index contributed by atoms with van der Waals surface area (Å²) in [5, 5.41) is 12.2. The van der Waals surface area contributed by atoms with E-state index < -0.39 is 0 Å². The molecule has 0 bridgehead atoms. The van der Waals surface area contributed by atoms with Gasteiger partial charge in [0.25, 0.3) is 0 Å². The van der Waals surface area contributed by atoms with Crippen LogP contribution in [0.5, 0.6) is 0 Å². The van der Waals surface area contributed by atoms with Gasteiger partial charge in [-0.2, -0.15) is 4.98 Å². The number of likely N-dealkylation sites (tertiary alicyclic amines) is 1. The van der Waals surface area contributed by atoms with E-state index >= 15 is 0 Å². The van der Waals surface area contributed by atoms with Gasteiger partial charge in [0.15, 0.2) is 5.82 Å². The van der Waals surface area contributed by atoms with Crippen LogP contribution in [0.2, 0.25) is 0 Å². The minimum Gasteiger partial charge on any atom is -0.338 e. The van der Waals surface area contributed by atoms with Crippen molar-refractivity contribution in [2.45, 2.75) is 37.9 Å². The molecule has 8 nitrogen and oxygen atoms in total. The highest BCUT2D eigenvalue weighted by atomic mass is 16.5. The molecule has 23 heavy (non-hydrogen) atoms. The summed E-state index contributed by atoms with van der Waals surface area (Å²) in [5.74, 6) is 2.36. The van der Waals surface area contributed by atoms with Gasteiger partial charge in [-0.3, -0.25) is 4.90 Å². The third-order valence-electron chi connectivity index (χ3n) is 4.82. The fraction of sp³-hybridized carbons (Fsp3) is 0.733. The Kier molecular flexibility index (Phi) is 3.86. The van der Waals surface area contributed by atoms with Gasteiger partial charge in [0.2, 0.25) is 5.89 Å². The number of nitrogens with zero attached hydrogens (tertiary/aromatic N) is 7. The lowest BCUT2D eigenvalue weighted by Gasteiger charge is -2.24. The molecule has 0 unspecified atom stereocenters. The molecule has 124 valence electrons. The predicted molar refractivity (Wildman–Crippen MR) is 82.5 cm³/mol. The number of hydrogen-bond acceptors (Lipinski definition) is 7. The van der Waals surface area contributed by atoms with Crippen molar-refractivity contribution in [2.24, 2.45) is 5.92 Å². The Morgan fingerprint density at radius 1 is 1.30 bits per heavy atom. The van der Waals surface area contributed by atoms with Crippen LogP contribution in [0.3, 0.4) is 0 Å². The van der Waals surface area contributed by atoms with Gasteiger partial charge in [-0.1, -0.05) is 10.4 Å². The average Bonchev–Trinajstić information content (AvgIpc) is 2.97. The molecule has 3 heterocycles. The van der Waals surface area contributed by atoms with Crippen molar-refractivity contribution in [2.75, 3.05) is 27.2 Å². The second-order valence-electron chi connectivity index (χ2n) is 6.93. The van der Waals surface area contributed by atoms with E-state index in [9.17, 15) is 0 Å². The summed E-state index contributed by atoms with van der Waals surface area (Å²) in [6.07, 6.45) is 7.24. The molecule has 2 atom stereocenters. The summed E-state index contributed by atoms with van der Waals surface area (Å²) in [7, 11) is 4.22. The molecule has 2 aliphatic rings. The lowest BCUT2D eigenvalue weighted by atomic mass is 10.1. The zero-order chi connectivity index (χ0) is 15.8. The Morgan fingerprint density at radius 3 is 2.87 bits per heavy atom. The molecule has 1 saturated heterocycles. The molecule has 2 aromatic heterocycles. The molecule has 1 aliphatic carbocycles. The highest BCUT2D eigenvalue weighted by Crippen LogP contribution is 2.32. The van der Waals surface area contributed by atoms with Crippen molar-refractivity contribution in [3.05, 3.63) is 24.1 Å². The zero-order valence-corrected chi connectivity index (χ0v) is 13.7. The van der Waals surface area contributed by atoms with Crippen LogP contribution in [-0.4, -0.2) is 68.2 Å². The van der Waals surface area contributed by atoms with Gasteiger partial charge in [-0.25, -0.2) is 4.68 Å². The van der Waals surface area contributed by atoms with Crippen molar-refractivity contribution in [3.8, 4) is 0 Å². The molecular weight excluding hydrogens is 294 g/mol. The van der Waals surface area contributed by atoms with Crippen LogP contribution in [0, 0.1) is 5.92 Å². The molecule has 0 N–H and O–H groups in total. The topological polar surface area (TPSA) is 76.1 Å². The van der Waals surface area contributed by atoms with E-state index in [-0.39, 0.29) is 0 Å². The molecule has 8 heteroatoms. The van der Waals surface area contributed by atoms with Crippen LogP contribution in [0.15, 0.2) is 16.9 Å². The standard InChI is InChI=1S/C15H23N7O/c1-20(2)12-8-21(9-13(12)22-6-5-16-19-22)10-15-17-14(18-23-15)7-11-3-4-11/h5-6,11-13H,3-4,7-10H2,1-2H3/t12-,13+/m1/s1. The number of hydrogen-bond donors (Lipinski definition) is 0. The van der Waals surface area contributed by atoms with E-state index in [2.05, 4.69) is 44.3 Å². The monoisotopic (exact) mass is 317 g/mol. The van der Waals surface area contributed by atoms with Gasteiger partial charge in [0.1, 0.15) is 0 Å². The normalized spacial score (nSPS) is 25.5. The van der Waals surface area contributed by atoms with Gasteiger partial charge < -0.3 is 9.42 Å². The second kappa shape index (κ2) is 6.01. The molecule has 4 rings (SSSR count). The van der Waals surface area contributed by atoms with E-state index in [1.54, 1.807) is 6.20 Å². The smallest absolute Gasteiger partial charge is 0.240 e. The molecule has 2 aromatic rings. The minimum absolute atomic E-state index is 0.293. The summed E-state index contributed by atoms with van der Waals surface area (Å²) in [6.45, 7) is 2.57. The van der Waals surface area contributed by atoms with Crippen molar-refractivity contribution in [3.63, 3.8) is 0 Å². The van der Waals surface area contributed by atoms with Gasteiger partial charge >= 0.3 is 0 Å². The van der Waals surface area contributed by atoms with Gasteiger partial charge in [0.05, 0.1) is 18.8 Å². The predicted octanol–water partition coefficient (Wildman–Crippen LogP) is 0.601. The molecule has 2 fully saturated rings. The maximum atomic E-state index is 5.43. The lowest BCUT2D eigenvalue weighted by Crippen LogP contribution is -2.36. The highest BCUT2D eigenvalue weighted by molar-refractivity contribution is 4.96. The second-order valence-corrected chi connectivity index (χ2v) is 6.93. The van der Waals surface area contributed by atoms with E-state index in [0.717, 1.165) is 37.1 Å². The van der Waals surface area contributed by atoms with Gasteiger partial charge in [-0.15, -0.1) is 5.10 Å². The summed E-state index contributed by atoms with van der Waals surface area (Å²) >= 11 is 0. The first-order valence-corrected chi connectivity index (χ1v) is 8.25. The Morgan fingerprint density at radius 2 is 2.17 bits per heavy atom. The SMILES string of the molecule is CN(C)[C@@H]1CN(Cc2nc(CC3CC3)no2)C[C@@H]1n1ccnn1. The van der Waals surface area contributed by atoms with Crippen molar-refractivity contribution < 1.29 is 4.52 Å². The maximum absolute atomic E-state index is 5.43. The highest BCUT2D eigenvalue weighted by Gasteiger charge is 2.36. The quantitative estimate of drug-likeness (QED) is 0.772. The molecule has 1 aliphatic heterocycles. The third-order valence-corrected chi connectivity index (χ3v) is 4.82. The van der Waals surface area contributed by atoms with Crippen LogP contribution in [0.25, 0.3) is 0 Å². The first-order valence-electron chi connectivity index (χ1n) is 8.25. The fourth-order valence-corrected chi connectivity index (χ4v) is 3.35. The molecule has 0 radical (unpaired) electrons. The molecular formula is C15H23N7O. The summed E-state index contributed by atoms with van der Waals surface area (Å²) < 4.78 is 7.38. The Hall–Kier alpha value is -1.80. The van der Waals surface area contributed by atoms with Gasteiger partial charge in [0, 0.05) is 31.7 Å². The minimum atomic E-state index is 0.293. The van der Waals surface area contributed by atoms with E-state index in [1.165, 1.54) is 12.8 Å². The lowest BCUT2D eigenvalue weighted by molar-refractivity contribution is 0.230. The summed E-state index contributed by atoms with van der Waals surface area (Å²) in [6, 6.07) is 0.687. The Labute approximate surface area is 135 Å². The summed E-state index contributed by atoms with van der Waals surface area (Å²) in [5.41, 5.74) is 0. The molecule has 0 amide bonds. The fourth-order valence-electron chi connectivity index (χ4n) is 3.35. The van der Waals surface area contributed by atoms with Crippen LogP contribution in [-0.2, 0) is 13.0 Å². The maximum Gasteiger partial charge on any atom is 0.240 e. The van der Waals surface area contributed by atoms with Crippen LogP contribution < -0.4 is 0 Å². The number of likely N-dealkylation sites (N-methyl/N-ethyl adjacent to an activating group) is 1. The number of rotatable bonds is 6. The number of aromatic nitrogens is 5. The van der Waals surface area contributed by atoms with Crippen LogP contribution >= 0.6 is 0 Å². The van der Waals surface area contributed by atoms with Crippen molar-refractivity contribution >= 4 is 0 Å². The molecule has 1 saturated carbocycles. The first kappa shape index (κ1) is 14.8. The third kappa shape index (κ3) is 3.28. The summed E-state index contributed by atoms with van der Waals surface area (Å²) in [4.78, 5) is 9.15. The van der Waals surface area contributed by atoms with E-state index in [4.69, 9.17) is 4.52 Å². The Balaban J connectivity index is 1.42. The molecule has 0 spiro atoms. The average molecular weight is 317 g/mol.